The molecule has 0 saturated heterocycles. The zero-order chi connectivity index (χ0) is 17.4. The summed E-state index contributed by atoms with van der Waals surface area (Å²) >= 11 is 0. The Kier molecular flexibility index (Phi) is 6.60. The summed E-state index contributed by atoms with van der Waals surface area (Å²) in [6, 6.07) is 12.4. The molecular weight excluding hydrogens is 310 g/mol. The van der Waals surface area contributed by atoms with Crippen LogP contribution in [0, 0.1) is 0 Å². The molecule has 0 bridgehead atoms. The maximum absolute atomic E-state index is 11.0. The predicted molar refractivity (Wildman–Crippen MR) is 89.5 cm³/mol. The van der Waals surface area contributed by atoms with Crippen molar-refractivity contribution in [2.75, 3.05) is 20.3 Å². The highest BCUT2D eigenvalue weighted by molar-refractivity contribution is 5.87. The zero-order valence-corrected chi connectivity index (χ0v) is 13.5. The number of aliphatic hydroxyl groups excluding tert-OH is 1. The molecular formula is C18H21NO5. The van der Waals surface area contributed by atoms with Crippen LogP contribution in [0.3, 0.4) is 0 Å². The van der Waals surface area contributed by atoms with Gasteiger partial charge in [0.2, 0.25) is 0 Å². The van der Waals surface area contributed by atoms with Crippen molar-refractivity contribution < 1.29 is 24.5 Å². The number of aromatic carboxylic acids is 1. The van der Waals surface area contributed by atoms with Crippen molar-refractivity contribution in [1.29, 1.82) is 0 Å². The molecule has 0 radical (unpaired) electrons. The summed E-state index contributed by atoms with van der Waals surface area (Å²) < 4.78 is 10.7. The summed E-state index contributed by atoms with van der Waals surface area (Å²) in [4.78, 5) is 11.0. The Balaban J connectivity index is 1.94. The number of carboxylic acids is 1. The molecule has 24 heavy (non-hydrogen) atoms. The molecule has 0 amide bonds. The number of carbonyl (C=O) groups is 1. The van der Waals surface area contributed by atoms with E-state index >= 15 is 0 Å². The standard InChI is InChI=1S/C18H21NO5/c1-23-17-10-14(5-6-16(17)24-8-7-20)12-19-11-13-3-2-4-15(9-13)18(21)22/h2-6,9-10,19-20H,7-8,11-12H2,1H3,(H,21,22). The van der Waals surface area contributed by atoms with Gasteiger partial charge in [0, 0.05) is 13.1 Å². The Hall–Kier alpha value is -2.57. The van der Waals surface area contributed by atoms with E-state index in [9.17, 15) is 4.79 Å². The first-order valence-corrected chi connectivity index (χ1v) is 7.57. The van der Waals surface area contributed by atoms with Crippen LogP contribution in [0.1, 0.15) is 21.5 Å². The first-order chi connectivity index (χ1) is 11.6. The number of carboxylic acid groups (broad SMARTS) is 1. The fourth-order valence-corrected chi connectivity index (χ4v) is 2.26. The summed E-state index contributed by atoms with van der Waals surface area (Å²) in [5, 5.41) is 21.1. The molecule has 0 atom stereocenters. The molecule has 0 aliphatic rings. The summed E-state index contributed by atoms with van der Waals surface area (Å²) in [7, 11) is 1.57. The van der Waals surface area contributed by atoms with Gasteiger partial charge in [-0.2, -0.15) is 0 Å². The molecule has 0 saturated carbocycles. The van der Waals surface area contributed by atoms with Gasteiger partial charge in [0.25, 0.3) is 0 Å². The van der Waals surface area contributed by atoms with E-state index in [1.165, 1.54) is 0 Å². The minimum atomic E-state index is -0.931. The number of hydrogen-bond donors (Lipinski definition) is 3. The highest BCUT2D eigenvalue weighted by atomic mass is 16.5. The molecule has 2 rings (SSSR count). The van der Waals surface area contributed by atoms with E-state index in [1.807, 2.05) is 18.2 Å². The molecule has 0 aliphatic heterocycles. The largest absolute Gasteiger partial charge is 0.493 e. The van der Waals surface area contributed by atoms with Gasteiger partial charge in [-0.15, -0.1) is 0 Å². The molecule has 6 heteroatoms. The summed E-state index contributed by atoms with van der Waals surface area (Å²) in [6.07, 6.45) is 0. The maximum atomic E-state index is 11.0. The average Bonchev–Trinajstić information content (AvgIpc) is 2.60. The Bertz CT molecular complexity index is 687. The second kappa shape index (κ2) is 8.90. The topological polar surface area (TPSA) is 88.0 Å². The fraction of sp³-hybridized carbons (Fsp3) is 0.278. The van der Waals surface area contributed by atoms with Crippen LogP contribution in [0.5, 0.6) is 11.5 Å². The first-order valence-electron chi connectivity index (χ1n) is 7.57. The van der Waals surface area contributed by atoms with E-state index in [2.05, 4.69) is 5.32 Å². The minimum Gasteiger partial charge on any atom is -0.493 e. The van der Waals surface area contributed by atoms with Crippen LogP contribution < -0.4 is 14.8 Å². The Morgan fingerprint density at radius 1 is 1.08 bits per heavy atom. The Morgan fingerprint density at radius 2 is 1.83 bits per heavy atom. The molecule has 0 heterocycles. The monoisotopic (exact) mass is 331 g/mol. The molecule has 0 fully saturated rings. The lowest BCUT2D eigenvalue weighted by molar-refractivity contribution is 0.0696. The van der Waals surface area contributed by atoms with Gasteiger partial charge in [-0.3, -0.25) is 0 Å². The van der Waals surface area contributed by atoms with E-state index in [4.69, 9.17) is 19.7 Å². The second-order valence-corrected chi connectivity index (χ2v) is 5.17. The maximum Gasteiger partial charge on any atom is 0.335 e. The van der Waals surface area contributed by atoms with Crippen LogP contribution in [0.2, 0.25) is 0 Å². The first kappa shape index (κ1) is 17.8. The number of rotatable bonds is 9. The summed E-state index contributed by atoms with van der Waals surface area (Å²) in [5.41, 5.74) is 2.20. The molecule has 2 aromatic carbocycles. The van der Waals surface area contributed by atoms with Crippen LogP contribution in [-0.4, -0.2) is 36.5 Å². The van der Waals surface area contributed by atoms with Crippen molar-refractivity contribution >= 4 is 5.97 Å². The van der Waals surface area contributed by atoms with Crippen molar-refractivity contribution in [1.82, 2.24) is 5.32 Å². The number of benzene rings is 2. The second-order valence-electron chi connectivity index (χ2n) is 5.17. The summed E-state index contributed by atoms with van der Waals surface area (Å²) in [6.45, 7) is 1.33. The van der Waals surface area contributed by atoms with Gasteiger partial charge in [-0.1, -0.05) is 18.2 Å². The highest BCUT2D eigenvalue weighted by Gasteiger charge is 2.06. The molecule has 128 valence electrons. The number of ether oxygens (including phenoxy) is 2. The molecule has 0 unspecified atom stereocenters. The number of methoxy groups -OCH3 is 1. The number of nitrogens with one attached hydrogen (secondary N) is 1. The zero-order valence-electron chi connectivity index (χ0n) is 13.5. The van der Waals surface area contributed by atoms with Gasteiger partial charge in [0.15, 0.2) is 11.5 Å². The third kappa shape index (κ3) is 4.97. The van der Waals surface area contributed by atoms with E-state index < -0.39 is 5.97 Å². The lowest BCUT2D eigenvalue weighted by Gasteiger charge is -2.12. The van der Waals surface area contributed by atoms with Crippen molar-refractivity contribution in [2.45, 2.75) is 13.1 Å². The lowest BCUT2D eigenvalue weighted by Crippen LogP contribution is -2.13. The van der Waals surface area contributed by atoms with Crippen LogP contribution in [0.4, 0.5) is 0 Å². The van der Waals surface area contributed by atoms with Gasteiger partial charge in [-0.05, 0) is 35.4 Å². The fourth-order valence-electron chi connectivity index (χ4n) is 2.26. The van der Waals surface area contributed by atoms with E-state index in [0.717, 1.165) is 11.1 Å². The lowest BCUT2D eigenvalue weighted by atomic mass is 10.1. The SMILES string of the molecule is COc1cc(CNCc2cccc(C(=O)O)c2)ccc1OCCO. The smallest absolute Gasteiger partial charge is 0.335 e. The van der Waals surface area contributed by atoms with Crippen LogP contribution in [-0.2, 0) is 13.1 Å². The third-order valence-corrected chi connectivity index (χ3v) is 3.41. The van der Waals surface area contributed by atoms with Crippen LogP contribution in [0.15, 0.2) is 42.5 Å². The quantitative estimate of drug-likeness (QED) is 0.652. The van der Waals surface area contributed by atoms with E-state index in [-0.39, 0.29) is 18.8 Å². The molecule has 0 aromatic heterocycles. The molecule has 0 aliphatic carbocycles. The minimum absolute atomic E-state index is 0.0537. The normalized spacial score (nSPS) is 10.4. The van der Waals surface area contributed by atoms with Gasteiger partial charge in [0.1, 0.15) is 6.61 Å². The molecule has 2 aromatic rings. The van der Waals surface area contributed by atoms with E-state index in [1.54, 1.807) is 31.4 Å². The average molecular weight is 331 g/mol. The van der Waals surface area contributed by atoms with Gasteiger partial charge >= 0.3 is 5.97 Å². The van der Waals surface area contributed by atoms with Crippen molar-refractivity contribution in [3.05, 3.63) is 59.2 Å². The molecule has 0 spiro atoms. The summed E-state index contributed by atoms with van der Waals surface area (Å²) in [5.74, 6) is 0.264. The van der Waals surface area contributed by atoms with Gasteiger partial charge in [0.05, 0.1) is 19.3 Å². The third-order valence-electron chi connectivity index (χ3n) is 3.41. The van der Waals surface area contributed by atoms with Crippen molar-refractivity contribution in [3.8, 4) is 11.5 Å². The van der Waals surface area contributed by atoms with E-state index in [0.29, 0.717) is 24.6 Å². The van der Waals surface area contributed by atoms with Crippen LogP contribution >= 0.6 is 0 Å². The molecule has 3 N–H and O–H groups in total. The number of aliphatic hydroxyl groups is 1. The van der Waals surface area contributed by atoms with Gasteiger partial charge < -0.3 is 25.0 Å². The Labute approximate surface area is 140 Å². The van der Waals surface area contributed by atoms with Crippen LogP contribution in [0.25, 0.3) is 0 Å². The predicted octanol–water partition coefficient (Wildman–Crippen LogP) is 2.05. The van der Waals surface area contributed by atoms with Crippen molar-refractivity contribution in [3.63, 3.8) is 0 Å². The Morgan fingerprint density at radius 3 is 2.50 bits per heavy atom. The number of hydrogen-bond acceptors (Lipinski definition) is 5. The van der Waals surface area contributed by atoms with Crippen molar-refractivity contribution in [2.24, 2.45) is 0 Å². The highest BCUT2D eigenvalue weighted by Crippen LogP contribution is 2.28. The van der Waals surface area contributed by atoms with Gasteiger partial charge in [-0.25, -0.2) is 4.79 Å². The molecule has 6 nitrogen and oxygen atoms in total.